The van der Waals surface area contributed by atoms with Crippen molar-refractivity contribution in [2.24, 2.45) is 0 Å². The molecule has 5 nitrogen and oxygen atoms in total. The number of aliphatic hydroxyl groups is 3. The molecule has 0 radical (unpaired) electrons. The molecule has 0 aromatic heterocycles. The minimum Gasteiger partial charge on any atom is -0.394 e. The molecule has 0 rings (SSSR count). The molecule has 0 bridgehead atoms. The van der Waals surface area contributed by atoms with Crippen LogP contribution in [-0.4, -0.2) is 46.1 Å². The van der Waals surface area contributed by atoms with E-state index in [1.807, 2.05) is 0 Å². The summed E-state index contributed by atoms with van der Waals surface area (Å²) >= 11 is 0. The lowest BCUT2D eigenvalue weighted by Gasteiger charge is -2.26. The third-order valence-corrected chi connectivity index (χ3v) is 14.1. The first-order valence-electron chi connectivity index (χ1n) is 29.6. The van der Waals surface area contributed by atoms with E-state index in [4.69, 9.17) is 0 Å². The van der Waals surface area contributed by atoms with Gasteiger partial charge >= 0.3 is 0 Å². The Bertz CT molecular complexity index is 967. The number of carbonyl (C=O) groups excluding carboxylic acids is 1. The zero-order chi connectivity index (χ0) is 47.2. The number of carbonyl (C=O) groups is 1. The Labute approximate surface area is 407 Å². The van der Waals surface area contributed by atoms with E-state index in [1.165, 1.54) is 257 Å². The first kappa shape index (κ1) is 63.8. The lowest BCUT2D eigenvalue weighted by molar-refractivity contribution is -0.124. The van der Waals surface area contributed by atoms with Gasteiger partial charge in [0.15, 0.2) is 0 Å². The summed E-state index contributed by atoms with van der Waals surface area (Å²) in [4.78, 5) is 12.5. The van der Waals surface area contributed by atoms with Gasteiger partial charge in [0.2, 0.25) is 5.91 Å². The van der Waals surface area contributed by atoms with Crippen molar-refractivity contribution < 1.29 is 20.1 Å². The minimum absolute atomic E-state index is 0.141. The summed E-state index contributed by atoms with van der Waals surface area (Å²) in [5, 5.41) is 33.6. The number of hydrogen-bond donors (Lipinski definition) is 4. The fraction of sp³-hybridized carbons (Fsp3) is 0.917. The van der Waals surface area contributed by atoms with E-state index in [-0.39, 0.29) is 12.5 Å². The molecule has 3 atom stereocenters. The Hall–Kier alpha value is -1.17. The Morgan fingerprint density at radius 2 is 0.662 bits per heavy atom. The van der Waals surface area contributed by atoms with Crippen LogP contribution in [0.2, 0.25) is 0 Å². The predicted molar refractivity (Wildman–Crippen MR) is 287 cm³/mol. The summed E-state index contributed by atoms with van der Waals surface area (Å²) in [7, 11) is 0. The van der Waals surface area contributed by atoms with Gasteiger partial charge in [-0.2, -0.15) is 0 Å². The van der Waals surface area contributed by atoms with Gasteiger partial charge in [-0.1, -0.05) is 301 Å². The van der Waals surface area contributed by atoms with Gasteiger partial charge in [-0.3, -0.25) is 4.79 Å². The Morgan fingerprint density at radius 3 is 0.969 bits per heavy atom. The molecule has 0 aromatic carbocycles. The molecule has 0 heterocycles. The molecule has 5 heteroatoms. The van der Waals surface area contributed by atoms with Crippen LogP contribution in [0.1, 0.15) is 328 Å². The third kappa shape index (κ3) is 50.5. The summed E-state index contributed by atoms with van der Waals surface area (Å²) < 4.78 is 0. The highest BCUT2D eigenvalue weighted by Gasteiger charge is 2.26. The Balaban J connectivity index is 3.43. The largest absolute Gasteiger partial charge is 0.394 e. The summed E-state index contributed by atoms with van der Waals surface area (Å²) in [6.07, 6.45) is 70.8. The normalized spacial score (nSPS) is 13.4. The molecule has 0 aliphatic carbocycles. The number of nitrogens with one attached hydrogen (secondary N) is 1. The molecule has 0 saturated heterocycles. The van der Waals surface area contributed by atoms with Gasteiger partial charge in [0.05, 0.1) is 18.8 Å². The molecular weight excluding hydrogens is 799 g/mol. The molecule has 0 spiro atoms. The van der Waals surface area contributed by atoms with Crippen LogP contribution in [0.5, 0.6) is 0 Å². The first-order chi connectivity index (χ1) is 32.1. The molecular formula is C60H117NO4. The summed E-state index contributed by atoms with van der Waals surface area (Å²) in [5.74, 6) is -0.141. The van der Waals surface area contributed by atoms with E-state index >= 15 is 0 Å². The van der Waals surface area contributed by atoms with Crippen LogP contribution < -0.4 is 5.32 Å². The lowest BCUT2D eigenvalue weighted by atomic mass is 9.99. The van der Waals surface area contributed by atoms with Crippen LogP contribution >= 0.6 is 0 Å². The molecule has 0 aliphatic heterocycles. The van der Waals surface area contributed by atoms with E-state index in [9.17, 15) is 20.1 Å². The van der Waals surface area contributed by atoms with Gasteiger partial charge in [-0.25, -0.2) is 0 Å². The van der Waals surface area contributed by atoms with Gasteiger partial charge in [0, 0.05) is 6.42 Å². The van der Waals surface area contributed by atoms with Crippen molar-refractivity contribution in [2.75, 3.05) is 6.61 Å². The molecule has 3 unspecified atom stereocenters. The topological polar surface area (TPSA) is 89.8 Å². The average molecular weight is 917 g/mol. The quantitative estimate of drug-likeness (QED) is 0.0361. The number of aliphatic hydroxyl groups excluding tert-OH is 3. The van der Waals surface area contributed by atoms with Crippen LogP contribution in [0.25, 0.3) is 0 Å². The standard InChI is InChI=1S/C60H117NO4/c1-3-5-7-9-11-13-15-17-18-19-20-21-22-23-24-25-26-27-28-29-30-31-32-33-34-35-36-37-38-39-40-41-42-43-45-47-49-51-53-55-59(64)61-57(56-62)60(65)58(63)54-52-50-48-46-44-16-14-12-10-8-6-4-2/h26-27,29-30,57-58,60,62-63,65H,3-25,28,31-56H2,1-2H3,(H,61,64)/b27-26-,30-29-. The lowest BCUT2D eigenvalue weighted by Crippen LogP contribution is -2.50. The summed E-state index contributed by atoms with van der Waals surface area (Å²) in [5.41, 5.74) is 0. The van der Waals surface area contributed by atoms with E-state index in [0.29, 0.717) is 12.8 Å². The number of rotatable bonds is 55. The predicted octanol–water partition coefficient (Wildman–Crippen LogP) is 18.5. The summed E-state index contributed by atoms with van der Waals surface area (Å²) in [6, 6.07) is -0.806. The van der Waals surface area contributed by atoms with Gasteiger partial charge < -0.3 is 20.6 Å². The summed E-state index contributed by atoms with van der Waals surface area (Å²) in [6.45, 7) is 4.20. The second kappa shape index (κ2) is 55.4. The van der Waals surface area contributed by atoms with Crippen molar-refractivity contribution in [3.8, 4) is 0 Å². The van der Waals surface area contributed by atoms with Crippen molar-refractivity contribution in [2.45, 2.75) is 347 Å². The van der Waals surface area contributed by atoms with Crippen molar-refractivity contribution in [3.05, 3.63) is 24.3 Å². The van der Waals surface area contributed by atoms with E-state index in [0.717, 1.165) is 44.9 Å². The molecule has 1 amide bonds. The van der Waals surface area contributed by atoms with Crippen molar-refractivity contribution in [1.82, 2.24) is 5.32 Å². The SMILES string of the molecule is CCCCCCCCCCCCCCCCC/C=C\C/C=C\CCCCCCCCCCCCCCCCCCCC(=O)NC(CO)C(O)C(O)CCCCCCCCCCCCCC. The molecule has 0 fully saturated rings. The number of unbranched alkanes of at least 4 members (excludes halogenated alkanes) is 43. The zero-order valence-corrected chi connectivity index (χ0v) is 44.1. The van der Waals surface area contributed by atoms with E-state index in [1.54, 1.807) is 0 Å². The highest BCUT2D eigenvalue weighted by Crippen LogP contribution is 2.18. The molecule has 0 aliphatic rings. The van der Waals surface area contributed by atoms with Crippen LogP contribution in [0.3, 0.4) is 0 Å². The fourth-order valence-electron chi connectivity index (χ4n) is 9.49. The molecule has 0 saturated carbocycles. The van der Waals surface area contributed by atoms with Crippen LogP contribution in [0.4, 0.5) is 0 Å². The third-order valence-electron chi connectivity index (χ3n) is 14.1. The average Bonchev–Trinajstić information content (AvgIpc) is 3.31. The van der Waals surface area contributed by atoms with Crippen LogP contribution in [0.15, 0.2) is 24.3 Å². The maximum absolute atomic E-state index is 12.5. The highest BCUT2D eigenvalue weighted by atomic mass is 16.3. The second-order valence-corrected chi connectivity index (χ2v) is 20.6. The molecule has 0 aromatic rings. The molecule has 4 N–H and O–H groups in total. The van der Waals surface area contributed by atoms with E-state index < -0.39 is 18.2 Å². The number of hydrogen-bond acceptors (Lipinski definition) is 4. The Kier molecular flexibility index (Phi) is 54.4. The smallest absolute Gasteiger partial charge is 0.220 e. The monoisotopic (exact) mass is 916 g/mol. The molecule has 386 valence electrons. The van der Waals surface area contributed by atoms with Crippen molar-refractivity contribution >= 4 is 5.91 Å². The van der Waals surface area contributed by atoms with Crippen molar-refractivity contribution in [3.63, 3.8) is 0 Å². The maximum Gasteiger partial charge on any atom is 0.220 e. The van der Waals surface area contributed by atoms with Gasteiger partial charge in [-0.05, 0) is 44.9 Å². The van der Waals surface area contributed by atoms with Gasteiger partial charge in [0.25, 0.3) is 0 Å². The van der Waals surface area contributed by atoms with Gasteiger partial charge in [0.1, 0.15) is 6.10 Å². The maximum atomic E-state index is 12.5. The van der Waals surface area contributed by atoms with E-state index in [2.05, 4.69) is 43.5 Å². The van der Waals surface area contributed by atoms with Crippen LogP contribution in [0, 0.1) is 0 Å². The minimum atomic E-state index is -1.13. The number of amides is 1. The Morgan fingerprint density at radius 1 is 0.385 bits per heavy atom. The van der Waals surface area contributed by atoms with Crippen LogP contribution in [-0.2, 0) is 4.79 Å². The second-order valence-electron chi connectivity index (χ2n) is 20.6. The molecule has 65 heavy (non-hydrogen) atoms. The fourth-order valence-corrected chi connectivity index (χ4v) is 9.49. The number of allylic oxidation sites excluding steroid dienone is 4. The zero-order valence-electron chi connectivity index (χ0n) is 44.1. The van der Waals surface area contributed by atoms with Crippen molar-refractivity contribution in [1.29, 1.82) is 0 Å². The highest BCUT2D eigenvalue weighted by molar-refractivity contribution is 5.76. The first-order valence-corrected chi connectivity index (χ1v) is 29.6. The van der Waals surface area contributed by atoms with Gasteiger partial charge in [-0.15, -0.1) is 0 Å².